The average molecular weight is 455 g/mol. The highest BCUT2D eigenvalue weighted by Gasteiger charge is 2.29. The summed E-state index contributed by atoms with van der Waals surface area (Å²) in [5.74, 6) is -0.0686. The first-order valence-corrected chi connectivity index (χ1v) is 11.8. The smallest absolute Gasteiger partial charge is 0.243 e. The normalized spacial score (nSPS) is 16.0. The van der Waals surface area contributed by atoms with E-state index >= 15 is 0 Å². The van der Waals surface area contributed by atoms with Gasteiger partial charge in [-0.15, -0.1) is 0 Å². The van der Waals surface area contributed by atoms with E-state index < -0.39 is 10.0 Å². The molecule has 1 amide bonds. The number of benzene rings is 2. The summed E-state index contributed by atoms with van der Waals surface area (Å²) in [6.07, 6.45) is 2.00. The molecule has 0 aliphatic carbocycles. The number of amides is 1. The molecule has 0 unspecified atom stereocenters. The highest BCUT2D eigenvalue weighted by atomic mass is 35.5. The molecule has 0 saturated carbocycles. The predicted molar refractivity (Wildman–Crippen MR) is 116 cm³/mol. The Bertz CT molecular complexity index is 970. The second-order valence-corrected chi connectivity index (χ2v) is 9.99. The fourth-order valence-corrected chi connectivity index (χ4v) is 5.27. The maximum Gasteiger partial charge on any atom is 0.243 e. The van der Waals surface area contributed by atoms with Crippen molar-refractivity contribution in [2.75, 3.05) is 13.1 Å². The van der Waals surface area contributed by atoms with E-state index in [9.17, 15) is 13.2 Å². The van der Waals surface area contributed by atoms with E-state index in [0.717, 1.165) is 11.1 Å². The Morgan fingerprint density at radius 1 is 1.10 bits per heavy atom. The highest BCUT2D eigenvalue weighted by molar-refractivity contribution is 7.89. The minimum Gasteiger partial charge on any atom is -0.353 e. The van der Waals surface area contributed by atoms with Crippen LogP contribution in [0.15, 0.2) is 47.4 Å². The molecule has 1 aliphatic rings. The molecular formula is C21H24Cl2N2O3S. The summed E-state index contributed by atoms with van der Waals surface area (Å²) in [7, 11) is -3.49. The second kappa shape index (κ2) is 9.47. The number of carbonyl (C=O) groups is 1. The molecule has 1 saturated heterocycles. The molecule has 0 bridgehead atoms. The first-order chi connectivity index (χ1) is 13.8. The molecule has 0 aromatic heterocycles. The van der Waals surface area contributed by atoms with Gasteiger partial charge >= 0.3 is 0 Å². The molecule has 1 heterocycles. The molecule has 156 valence electrons. The maximum atomic E-state index is 12.8. The molecule has 2 aromatic carbocycles. The molecule has 1 N–H and O–H groups in total. The van der Waals surface area contributed by atoms with Crippen LogP contribution < -0.4 is 5.32 Å². The minimum absolute atomic E-state index is 0.0261. The molecule has 1 aliphatic heterocycles. The van der Waals surface area contributed by atoms with Gasteiger partial charge in [0.2, 0.25) is 15.9 Å². The molecule has 5 nitrogen and oxygen atoms in total. The quantitative estimate of drug-likeness (QED) is 0.710. The number of piperidine rings is 1. The minimum atomic E-state index is -3.49. The van der Waals surface area contributed by atoms with Crippen molar-refractivity contribution in [2.24, 2.45) is 0 Å². The van der Waals surface area contributed by atoms with Crippen LogP contribution in [0, 0.1) is 6.92 Å². The van der Waals surface area contributed by atoms with E-state index in [4.69, 9.17) is 23.2 Å². The van der Waals surface area contributed by atoms with Crippen molar-refractivity contribution in [3.05, 3.63) is 63.6 Å². The zero-order valence-corrected chi connectivity index (χ0v) is 18.5. The van der Waals surface area contributed by atoms with Crippen LogP contribution in [0.25, 0.3) is 0 Å². The lowest BCUT2D eigenvalue weighted by molar-refractivity contribution is -0.122. The lowest BCUT2D eigenvalue weighted by atomic mass is 10.1. The van der Waals surface area contributed by atoms with Gasteiger partial charge in [0.1, 0.15) is 0 Å². The van der Waals surface area contributed by atoms with Crippen LogP contribution in [0.3, 0.4) is 0 Å². The molecule has 3 rings (SSSR count). The van der Waals surface area contributed by atoms with Crippen molar-refractivity contribution in [3.63, 3.8) is 0 Å². The fraction of sp³-hybridized carbons (Fsp3) is 0.381. The van der Waals surface area contributed by atoms with Gasteiger partial charge in [0, 0.05) is 25.6 Å². The predicted octanol–water partition coefficient (Wildman–Crippen LogP) is 4.20. The van der Waals surface area contributed by atoms with Gasteiger partial charge in [-0.05, 0) is 49.9 Å². The number of sulfonamides is 1. The largest absolute Gasteiger partial charge is 0.353 e. The summed E-state index contributed by atoms with van der Waals surface area (Å²) in [5.41, 5.74) is 1.86. The first-order valence-electron chi connectivity index (χ1n) is 9.56. The summed E-state index contributed by atoms with van der Waals surface area (Å²) in [5, 5.41) is 3.97. The number of carbonyl (C=O) groups excluding carboxylic acids is 1. The van der Waals surface area contributed by atoms with E-state index in [0.29, 0.717) is 53.7 Å². The third-order valence-corrected chi connectivity index (χ3v) is 7.90. The number of aryl methyl sites for hydroxylation is 2. The summed E-state index contributed by atoms with van der Waals surface area (Å²) in [6.45, 7) is 2.70. The highest BCUT2D eigenvalue weighted by Crippen LogP contribution is 2.26. The number of rotatable bonds is 6. The third-order valence-electron chi connectivity index (χ3n) is 5.13. The first kappa shape index (κ1) is 22.1. The number of hydrogen-bond donors (Lipinski definition) is 1. The van der Waals surface area contributed by atoms with Gasteiger partial charge in [-0.1, -0.05) is 53.0 Å². The lowest BCUT2D eigenvalue weighted by Crippen LogP contribution is -2.46. The molecule has 0 radical (unpaired) electrons. The van der Waals surface area contributed by atoms with Crippen LogP contribution in [-0.2, 0) is 21.2 Å². The fourth-order valence-electron chi connectivity index (χ4n) is 3.39. The van der Waals surface area contributed by atoms with Gasteiger partial charge in [-0.2, -0.15) is 4.31 Å². The van der Waals surface area contributed by atoms with E-state index in [1.165, 1.54) is 4.31 Å². The molecule has 0 atom stereocenters. The number of nitrogens with zero attached hydrogens (tertiary/aromatic N) is 1. The Balaban J connectivity index is 1.50. The van der Waals surface area contributed by atoms with Crippen LogP contribution in [0.4, 0.5) is 0 Å². The monoisotopic (exact) mass is 454 g/mol. The van der Waals surface area contributed by atoms with Gasteiger partial charge in [0.25, 0.3) is 0 Å². The molecule has 29 heavy (non-hydrogen) atoms. The summed E-state index contributed by atoms with van der Waals surface area (Å²) in [4.78, 5) is 12.6. The van der Waals surface area contributed by atoms with Gasteiger partial charge in [0.15, 0.2) is 0 Å². The topological polar surface area (TPSA) is 66.5 Å². The van der Waals surface area contributed by atoms with Crippen molar-refractivity contribution in [1.29, 1.82) is 0 Å². The van der Waals surface area contributed by atoms with E-state index in [1.807, 2.05) is 19.1 Å². The van der Waals surface area contributed by atoms with Crippen molar-refractivity contribution >= 4 is 39.1 Å². The SMILES string of the molecule is Cc1ccc(S(=O)(=O)N2CCC(NC(=O)CCc3cccc(Cl)c3Cl)CC2)cc1. The molecule has 2 aromatic rings. The molecule has 0 spiro atoms. The molecule has 1 fully saturated rings. The lowest BCUT2D eigenvalue weighted by Gasteiger charge is -2.31. The van der Waals surface area contributed by atoms with Gasteiger partial charge in [-0.3, -0.25) is 4.79 Å². The Morgan fingerprint density at radius 3 is 2.41 bits per heavy atom. The standard InChI is InChI=1S/C21H24Cl2N2O3S/c1-15-5-8-18(9-6-15)29(27,28)25-13-11-17(12-14-25)24-20(26)10-7-16-3-2-4-19(22)21(16)23/h2-6,8-9,17H,7,10-14H2,1H3,(H,24,26). The van der Waals surface area contributed by atoms with Crippen molar-refractivity contribution in [1.82, 2.24) is 9.62 Å². The number of nitrogens with one attached hydrogen (secondary N) is 1. The van der Waals surface area contributed by atoms with E-state index in [2.05, 4.69) is 5.32 Å². The van der Waals surface area contributed by atoms with Gasteiger partial charge in [-0.25, -0.2) is 8.42 Å². The Labute approximate surface area is 182 Å². The molecular weight excluding hydrogens is 431 g/mol. The van der Waals surface area contributed by atoms with Crippen LogP contribution in [0.5, 0.6) is 0 Å². The zero-order chi connectivity index (χ0) is 21.0. The third kappa shape index (κ3) is 5.51. The van der Waals surface area contributed by atoms with Gasteiger partial charge in [0.05, 0.1) is 14.9 Å². The maximum absolute atomic E-state index is 12.8. The van der Waals surface area contributed by atoms with Gasteiger partial charge < -0.3 is 5.32 Å². The molecule has 8 heteroatoms. The van der Waals surface area contributed by atoms with Crippen molar-refractivity contribution in [3.8, 4) is 0 Å². The van der Waals surface area contributed by atoms with Crippen molar-refractivity contribution < 1.29 is 13.2 Å². The number of halogens is 2. The average Bonchev–Trinajstić information content (AvgIpc) is 2.70. The van der Waals surface area contributed by atoms with Crippen LogP contribution >= 0.6 is 23.2 Å². The Hall–Kier alpha value is -1.60. The Morgan fingerprint density at radius 2 is 1.76 bits per heavy atom. The number of hydrogen-bond acceptors (Lipinski definition) is 3. The van der Waals surface area contributed by atoms with E-state index in [-0.39, 0.29) is 11.9 Å². The van der Waals surface area contributed by atoms with Crippen LogP contribution in [0.1, 0.15) is 30.4 Å². The van der Waals surface area contributed by atoms with Crippen molar-refractivity contribution in [2.45, 2.75) is 43.5 Å². The summed E-state index contributed by atoms with van der Waals surface area (Å²) in [6, 6.07) is 12.2. The summed E-state index contributed by atoms with van der Waals surface area (Å²) < 4.78 is 27.0. The van der Waals surface area contributed by atoms with E-state index in [1.54, 1.807) is 30.3 Å². The Kier molecular flexibility index (Phi) is 7.22. The zero-order valence-electron chi connectivity index (χ0n) is 16.2. The second-order valence-electron chi connectivity index (χ2n) is 7.27. The van der Waals surface area contributed by atoms with Crippen LogP contribution in [0.2, 0.25) is 10.0 Å². The summed E-state index contributed by atoms with van der Waals surface area (Å²) >= 11 is 12.2. The van der Waals surface area contributed by atoms with Crippen LogP contribution in [-0.4, -0.2) is 37.8 Å².